The zero-order valence-electron chi connectivity index (χ0n) is 12.5. The van der Waals surface area contributed by atoms with Crippen molar-refractivity contribution in [2.45, 2.75) is 13.8 Å². The van der Waals surface area contributed by atoms with Crippen LogP contribution in [0, 0.1) is 25.2 Å². The van der Waals surface area contributed by atoms with Crippen molar-refractivity contribution in [2.75, 3.05) is 6.61 Å². The van der Waals surface area contributed by atoms with Gasteiger partial charge in [-0.2, -0.15) is 5.26 Å². The van der Waals surface area contributed by atoms with E-state index >= 15 is 0 Å². The first kappa shape index (κ1) is 14.1. The molecule has 1 aliphatic rings. The fourth-order valence-electron chi connectivity index (χ4n) is 2.68. The van der Waals surface area contributed by atoms with E-state index in [2.05, 4.69) is 6.07 Å². The minimum atomic E-state index is 0.0168. The van der Waals surface area contributed by atoms with Gasteiger partial charge in [-0.3, -0.25) is 4.79 Å². The molecule has 0 spiro atoms. The van der Waals surface area contributed by atoms with E-state index < -0.39 is 0 Å². The molecule has 3 nitrogen and oxygen atoms in total. The first-order chi connectivity index (χ1) is 10.6. The van der Waals surface area contributed by atoms with Crippen LogP contribution >= 0.6 is 0 Å². The summed E-state index contributed by atoms with van der Waals surface area (Å²) in [5.41, 5.74) is 4.79. The number of carbonyl (C=O) groups excluding carboxylic acids is 1. The second-order valence-corrected chi connectivity index (χ2v) is 5.48. The largest absolute Gasteiger partial charge is 0.488 e. The molecule has 0 atom stereocenters. The van der Waals surface area contributed by atoms with Crippen molar-refractivity contribution in [3.05, 3.63) is 69.8 Å². The molecule has 1 aliphatic heterocycles. The van der Waals surface area contributed by atoms with Gasteiger partial charge in [-0.1, -0.05) is 18.2 Å². The fraction of sp³-hybridized carbons (Fsp3) is 0.158. The quantitative estimate of drug-likeness (QED) is 0.750. The third-order valence-electron chi connectivity index (χ3n) is 3.73. The van der Waals surface area contributed by atoms with Gasteiger partial charge in [0.25, 0.3) is 0 Å². The van der Waals surface area contributed by atoms with E-state index in [1.807, 2.05) is 44.2 Å². The summed E-state index contributed by atoms with van der Waals surface area (Å²) in [6, 6.07) is 13.1. The van der Waals surface area contributed by atoms with E-state index in [0.29, 0.717) is 22.4 Å². The van der Waals surface area contributed by atoms with Crippen molar-refractivity contribution in [2.24, 2.45) is 0 Å². The van der Waals surface area contributed by atoms with Crippen LogP contribution < -0.4 is 4.74 Å². The van der Waals surface area contributed by atoms with Crippen LogP contribution in [-0.4, -0.2) is 12.4 Å². The summed E-state index contributed by atoms with van der Waals surface area (Å²) in [5, 5.41) is 8.81. The van der Waals surface area contributed by atoms with Crippen LogP contribution in [0.4, 0.5) is 0 Å². The summed E-state index contributed by atoms with van der Waals surface area (Å²) >= 11 is 0. The number of aryl methyl sites for hydroxylation is 2. The number of hydrogen-bond donors (Lipinski definition) is 0. The van der Waals surface area contributed by atoms with Crippen molar-refractivity contribution in [1.82, 2.24) is 0 Å². The van der Waals surface area contributed by atoms with Gasteiger partial charge < -0.3 is 4.74 Å². The number of fused-ring (bicyclic) bond motifs is 1. The lowest BCUT2D eigenvalue weighted by Crippen LogP contribution is -2.20. The van der Waals surface area contributed by atoms with Crippen LogP contribution in [-0.2, 0) is 0 Å². The number of nitriles is 1. The summed E-state index contributed by atoms with van der Waals surface area (Å²) in [4.78, 5) is 12.7. The topological polar surface area (TPSA) is 50.1 Å². The predicted octanol–water partition coefficient (Wildman–Crippen LogP) is 3.83. The van der Waals surface area contributed by atoms with E-state index in [1.165, 1.54) is 0 Å². The van der Waals surface area contributed by atoms with Gasteiger partial charge in [-0.25, -0.2) is 0 Å². The summed E-state index contributed by atoms with van der Waals surface area (Å²) in [6.45, 7) is 4.19. The van der Waals surface area contributed by atoms with Crippen molar-refractivity contribution >= 4 is 11.9 Å². The number of carbonyl (C=O) groups is 1. The molecule has 0 unspecified atom stereocenters. The highest BCUT2D eigenvalue weighted by Crippen LogP contribution is 2.31. The number of ketones is 1. The van der Waals surface area contributed by atoms with Crippen molar-refractivity contribution in [1.29, 1.82) is 5.26 Å². The van der Waals surface area contributed by atoms with Gasteiger partial charge in [-0.05, 0) is 54.8 Å². The zero-order valence-corrected chi connectivity index (χ0v) is 12.5. The average Bonchev–Trinajstić information content (AvgIpc) is 2.50. The first-order valence-corrected chi connectivity index (χ1v) is 7.08. The maximum absolute atomic E-state index is 12.7. The van der Waals surface area contributed by atoms with Crippen LogP contribution in [0.2, 0.25) is 0 Å². The molecule has 0 N–H and O–H groups in total. The van der Waals surface area contributed by atoms with E-state index in [-0.39, 0.29) is 12.4 Å². The van der Waals surface area contributed by atoms with E-state index in [9.17, 15) is 4.79 Å². The van der Waals surface area contributed by atoms with E-state index in [0.717, 1.165) is 16.7 Å². The Labute approximate surface area is 129 Å². The zero-order chi connectivity index (χ0) is 15.7. The number of rotatable bonds is 1. The molecule has 2 aromatic rings. The standard InChI is InChI=1S/C19H15NO2/c1-12-7-13(2)18-17(8-12)22-11-16(19(18)21)9-14-3-5-15(10-20)6-4-14/h3-9H,11H2,1-2H3. The highest BCUT2D eigenvalue weighted by atomic mass is 16.5. The monoisotopic (exact) mass is 289 g/mol. The van der Waals surface area contributed by atoms with Gasteiger partial charge in [0, 0.05) is 5.57 Å². The Morgan fingerprint density at radius 3 is 2.59 bits per heavy atom. The minimum absolute atomic E-state index is 0.0168. The van der Waals surface area contributed by atoms with Crippen LogP contribution in [0.25, 0.3) is 6.08 Å². The fourth-order valence-corrected chi connectivity index (χ4v) is 2.68. The highest BCUT2D eigenvalue weighted by Gasteiger charge is 2.25. The Morgan fingerprint density at radius 1 is 1.18 bits per heavy atom. The predicted molar refractivity (Wildman–Crippen MR) is 84.9 cm³/mol. The summed E-state index contributed by atoms with van der Waals surface area (Å²) in [7, 11) is 0. The Balaban J connectivity index is 1.98. The average molecular weight is 289 g/mol. The molecule has 0 aliphatic carbocycles. The van der Waals surface area contributed by atoms with Crippen LogP contribution in [0.3, 0.4) is 0 Å². The number of benzene rings is 2. The van der Waals surface area contributed by atoms with E-state index in [4.69, 9.17) is 10.00 Å². The Morgan fingerprint density at radius 2 is 1.91 bits per heavy atom. The van der Waals surface area contributed by atoms with Gasteiger partial charge in [0.1, 0.15) is 12.4 Å². The lowest BCUT2D eigenvalue weighted by Gasteiger charge is -2.21. The smallest absolute Gasteiger partial charge is 0.196 e. The molecule has 0 amide bonds. The number of hydrogen-bond acceptors (Lipinski definition) is 3. The molecule has 3 rings (SSSR count). The second kappa shape index (κ2) is 5.50. The van der Waals surface area contributed by atoms with Crippen LogP contribution in [0.1, 0.15) is 32.6 Å². The molecule has 0 aromatic heterocycles. The van der Waals surface area contributed by atoms with Crippen LogP contribution in [0.15, 0.2) is 42.0 Å². The van der Waals surface area contributed by atoms with Gasteiger partial charge >= 0.3 is 0 Å². The van der Waals surface area contributed by atoms with Gasteiger partial charge in [0.15, 0.2) is 5.78 Å². The maximum Gasteiger partial charge on any atom is 0.196 e. The molecule has 0 fully saturated rings. The normalized spacial score (nSPS) is 15.1. The molecule has 108 valence electrons. The second-order valence-electron chi connectivity index (χ2n) is 5.48. The Bertz CT molecular complexity index is 824. The number of Topliss-reactive ketones (excluding diaryl/α,β-unsaturated/α-hetero) is 1. The number of nitrogens with zero attached hydrogens (tertiary/aromatic N) is 1. The summed E-state index contributed by atoms with van der Waals surface area (Å²) in [6.07, 6.45) is 1.83. The summed E-state index contributed by atoms with van der Waals surface area (Å²) in [5.74, 6) is 0.683. The minimum Gasteiger partial charge on any atom is -0.488 e. The molecule has 22 heavy (non-hydrogen) atoms. The first-order valence-electron chi connectivity index (χ1n) is 7.08. The number of ether oxygens (including phenoxy) is 1. The van der Waals surface area contributed by atoms with Crippen LogP contribution in [0.5, 0.6) is 5.75 Å². The van der Waals surface area contributed by atoms with Crippen molar-refractivity contribution < 1.29 is 9.53 Å². The maximum atomic E-state index is 12.7. The molecule has 2 aromatic carbocycles. The van der Waals surface area contributed by atoms with Crippen molar-refractivity contribution in [3.63, 3.8) is 0 Å². The lowest BCUT2D eigenvalue weighted by molar-refractivity contribution is 0.1000. The Hall–Kier alpha value is -2.86. The third kappa shape index (κ3) is 2.51. The van der Waals surface area contributed by atoms with Crippen molar-refractivity contribution in [3.8, 4) is 11.8 Å². The van der Waals surface area contributed by atoms with E-state index in [1.54, 1.807) is 12.1 Å². The van der Waals surface area contributed by atoms with Gasteiger partial charge in [0.2, 0.25) is 0 Å². The van der Waals surface area contributed by atoms with Gasteiger partial charge in [0.05, 0.1) is 17.2 Å². The third-order valence-corrected chi connectivity index (χ3v) is 3.73. The molecule has 0 saturated carbocycles. The molecular formula is C19H15NO2. The SMILES string of the molecule is Cc1cc(C)c2c(c1)OCC(=Cc1ccc(C#N)cc1)C2=O. The molecule has 0 radical (unpaired) electrons. The van der Waals surface area contributed by atoms with Gasteiger partial charge in [-0.15, -0.1) is 0 Å². The molecule has 3 heteroatoms. The molecule has 0 saturated heterocycles. The summed E-state index contributed by atoms with van der Waals surface area (Å²) < 4.78 is 5.74. The lowest BCUT2D eigenvalue weighted by atomic mass is 9.93. The molecule has 0 bridgehead atoms. The Kier molecular flexibility index (Phi) is 3.52. The molecule has 1 heterocycles. The molecular weight excluding hydrogens is 274 g/mol. The highest BCUT2D eigenvalue weighted by molar-refractivity contribution is 6.14.